The van der Waals surface area contributed by atoms with E-state index in [-0.39, 0.29) is 21.7 Å². The molecule has 0 nitrogen and oxygen atoms in total. The molecule has 0 aliphatic heterocycles. The molecule has 0 saturated carbocycles. The van der Waals surface area contributed by atoms with E-state index in [0.29, 0.717) is 5.92 Å². The molecule has 4 aromatic rings. The molecule has 1 unspecified atom stereocenters. The molecule has 0 aromatic heterocycles. The third kappa shape index (κ3) is 12.0. The first kappa shape index (κ1) is 35.1. The van der Waals surface area contributed by atoms with Crippen LogP contribution in [0.1, 0.15) is 49.3 Å². The summed E-state index contributed by atoms with van der Waals surface area (Å²) in [4.78, 5) is 0. The third-order valence-corrected chi connectivity index (χ3v) is 10.9. The molecule has 0 radical (unpaired) electrons. The number of benzene rings is 4. The summed E-state index contributed by atoms with van der Waals surface area (Å²) in [6.45, 7) is 18.5. The molecule has 0 spiro atoms. The number of hydrogen-bond acceptors (Lipinski definition) is 0. The van der Waals surface area contributed by atoms with Gasteiger partial charge in [-0.25, -0.2) is 17.2 Å². The van der Waals surface area contributed by atoms with Crippen molar-refractivity contribution in [2.24, 2.45) is 5.92 Å². The van der Waals surface area contributed by atoms with Crippen molar-refractivity contribution >= 4 is 13.3 Å². The molecule has 2 aliphatic rings. The Hall–Kier alpha value is -3.10. The Morgan fingerprint density at radius 2 is 1.00 bits per heavy atom. The molecule has 0 amide bonds. The van der Waals surface area contributed by atoms with Crippen molar-refractivity contribution in [3.05, 3.63) is 182 Å². The quantitative estimate of drug-likeness (QED) is 0.162. The second-order valence-electron chi connectivity index (χ2n) is 11.5. The van der Waals surface area contributed by atoms with Gasteiger partial charge >= 0.3 is 21.7 Å². The smallest absolute Gasteiger partial charge is 0.249 e. The molecule has 42 heavy (non-hydrogen) atoms. The fourth-order valence-electron chi connectivity index (χ4n) is 5.27. The molecule has 1 atom stereocenters. The second-order valence-corrected chi connectivity index (χ2v) is 16.2. The third-order valence-electron chi connectivity index (χ3n) is 7.60. The maximum absolute atomic E-state index is 3.72. The van der Waals surface area contributed by atoms with Gasteiger partial charge < -0.3 is 0 Å². The minimum absolute atomic E-state index is 0. The van der Waals surface area contributed by atoms with Crippen LogP contribution < -0.4 is 5.19 Å². The van der Waals surface area contributed by atoms with Crippen LogP contribution in [0.15, 0.2) is 138 Å². The van der Waals surface area contributed by atoms with Gasteiger partial charge in [-0.05, 0) is 0 Å². The number of allylic oxidation sites excluding steroid dienone is 4. The molecule has 2 aliphatic carbocycles. The first-order chi connectivity index (χ1) is 19.8. The summed E-state index contributed by atoms with van der Waals surface area (Å²) in [6, 6.07) is 42.2. The van der Waals surface area contributed by atoms with Gasteiger partial charge in [0.15, 0.2) is 0 Å². The van der Waals surface area contributed by atoms with E-state index in [1.807, 2.05) is 91.0 Å². The molecular weight excluding hydrogens is 556 g/mol. The van der Waals surface area contributed by atoms with Crippen LogP contribution in [0.5, 0.6) is 0 Å². The molecule has 214 valence electrons. The Balaban J connectivity index is 0.000000229. The zero-order chi connectivity index (χ0) is 29.5. The zero-order valence-electron chi connectivity index (χ0n) is 25.8. The first-order valence-electron chi connectivity index (χ1n) is 14.7. The summed E-state index contributed by atoms with van der Waals surface area (Å²) >= 11 is 0. The van der Waals surface area contributed by atoms with Gasteiger partial charge in [-0.3, -0.25) is 0 Å². The van der Waals surface area contributed by atoms with Crippen molar-refractivity contribution in [2.45, 2.75) is 51.7 Å². The van der Waals surface area contributed by atoms with Gasteiger partial charge in [-0.2, -0.15) is 79.4 Å². The van der Waals surface area contributed by atoms with E-state index < -0.39 is 8.07 Å². The summed E-state index contributed by atoms with van der Waals surface area (Å²) in [5.74, 6) is 0.701. The molecular formula is C40H46SiTi. The van der Waals surface area contributed by atoms with Crippen LogP contribution in [0.4, 0.5) is 0 Å². The Kier molecular flexibility index (Phi) is 15.4. The monoisotopic (exact) mass is 602 g/mol. The predicted octanol–water partition coefficient (Wildman–Crippen LogP) is 10.5. The molecule has 2 heteroatoms. The van der Waals surface area contributed by atoms with Crippen LogP contribution in [0.2, 0.25) is 19.1 Å². The van der Waals surface area contributed by atoms with E-state index in [4.69, 9.17) is 0 Å². The largest absolute Gasteiger partial charge is 4.00 e. The molecule has 0 bridgehead atoms. The van der Waals surface area contributed by atoms with Crippen molar-refractivity contribution in [1.29, 1.82) is 0 Å². The van der Waals surface area contributed by atoms with Crippen molar-refractivity contribution in [1.82, 2.24) is 0 Å². The molecule has 0 heterocycles. The van der Waals surface area contributed by atoms with Crippen LogP contribution in [0.3, 0.4) is 0 Å². The van der Waals surface area contributed by atoms with Gasteiger partial charge in [0.1, 0.15) is 0 Å². The van der Waals surface area contributed by atoms with E-state index in [9.17, 15) is 0 Å². The average molecular weight is 603 g/mol. The van der Waals surface area contributed by atoms with E-state index in [1.54, 1.807) is 16.3 Å². The van der Waals surface area contributed by atoms with Crippen LogP contribution in [-0.4, -0.2) is 8.07 Å². The summed E-state index contributed by atoms with van der Waals surface area (Å²) in [7, 11) is -1.36. The van der Waals surface area contributed by atoms with Crippen LogP contribution >= 0.6 is 0 Å². The topological polar surface area (TPSA) is 0 Å². The van der Waals surface area contributed by atoms with Gasteiger partial charge in [0.25, 0.3) is 0 Å². The van der Waals surface area contributed by atoms with Gasteiger partial charge in [0, 0.05) is 0 Å². The summed E-state index contributed by atoms with van der Waals surface area (Å²) in [5.41, 5.74) is 8.03. The van der Waals surface area contributed by atoms with E-state index in [1.165, 1.54) is 37.3 Å². The van der Waals surface area contributed by atoms with Crippen LogP contribution in [0, 0.1) is 32.8 Å². The van der Waals surface area contributed by atoms with E-state index in [0.717, 1.165) is 16.7 Å². The molecule has 0 fully saturated rings. The minimum Gasteiger partial charge on any atom is -0.249 e. The minimum atomic E-state index is -1.36. The second kappa shape index (κ2) is 18.4. The van der Waals surface area contributed by atoms with Crippen molar-refractivity contribution in [3.63, 3.8) is 0 Å². The Morgan fingerprint density at radius 3 is 1.38 bits per heavy atom. The maximum atomic E-state index is 3.72. The molecule has 0 N–H and O–H groups in total. The van der Waals surface area contributed by atoms with Crippen molar-refractivity contribution in [3.8, 4) is 0 Å². The van der Waals surface area contributed by atoms with Gasteiger partial charge in [0.05, 0.1) is 8.07 Å². The molecule has 6 rings (SSSR count). The summed E-state index contributed by atoms with van der Waals surface area (Å²) < 4.78 is 0. The first-order valence-corrected chi connectivity index (χ1v) is 18.0. The van der Waals surface area contributed by atoms with E-state index >= 15 is 0 Å². The fraction of sp³-hybridized carbons (Fsp3) is 0.225. The van der Waals surface area contributed by atoms with Gasteiger partial charge in [-0.15, -0.1) is 36.4 Å². The summed E-state index contributed by atoms with van der Waals surface area (Å²) in [6.07, 6.45) is 9.05. The number of hydrogen-bond donors (Lipinski definition) is 0. The molecule has 4 aromatic carbocycles. The standard InChI is InChI=1S/C19H25Si.3C7H7.Ti/c1-15-13-16-9-7-8-12-18(16)19(15)14-20(2,3)17-10-5-4-6-11-17;3*1-7-5-3-2-4-6-7;/h4-6,10-11,19H,7-9,12,14H2,1-3H3;3*2-6H,1H2;/q4*-1;+4. The fourth-order valence-corrected chi connectivity index (χ4v) is 8.17. The zero-order valence-corrected chi connectivity index (χ0v) is 28.3. The number of rotatable bonds is 3. The molecule has 0 saturated heterocycles. The summed E-state index contributed by atoms with van der Waals surface area (Å²) in [5, 5.41) is 1.60. The average Bonchev–Trinajstić information content (AvgIpc) is 3.30. The maximum Gasteiger partial charge on any atom is 4.00 e. The van der Waals surface area contributed by atoms with Crippen LogP contribution in [-0.2, 0) is 21.7 Å². The Bertz CT molecular complexity index is 1250. The van der Waals surface area contributed by atoms with Crippen LogP contribution in [0.25, 0.3) is 0 Å². The predicted molar refractivity (Wildman–Crippen MR) is 182 cm³/mol. The van der Waals surface area contributed by atoms with Gasteiger partial charge in [-0.1, -0.05) is 111 Å². The SMILES string of the molecule is CC1=[C-]C2=C(CCCC2)C1C[Si](C)(C)c1ccccc1.[CH2-]c1ccccc1.[CH2-]c1ccccc1.[CH2-]c1ccccc1.[Ti+4]. The van der Waals surface area contributed by atoms with Crippen molar-refractivity contribution in [2.75, 3.05) is 0 Å². The normalized spacial score (nSPS) is 15.1. The Morgan fingerprint density at radius 1 is 0.619 bits per heavy atom. The Labute approximate surface area is 272 Å². The van der Waals surface area contributed by atoms with Gasteiger partial charge in [0.2, 0.25) is 0 Å². The van der Waals surface area contributed by atoms with Crippen molar-refractivity contribution < 1.29 is 21.7 Å². The van der Waals surface area contributed by atoms with E-state index in [2.05, 4.69) is 77.2 Å².